The summed E-state index contributed by atoms with van der Waals surface area (Å²) in [6, 6.07) is 18.5. The molecule has 0 unspecified atom stereocenters. The predicted octanol–water partition coefficient (Wildman–Crippen LogP) is 3.96. The van der Waals surface area contributed by atoms with E-state index in [0.717, 1.165) is 31.1 Å². The second-order valence-electron chi connectivity index (χ2n) is 4.88. The molecule has 2 aromatic rings. The average Bonchev–Trinajstić information content (AvgIpc) is 2.50. The van der Waals surface area contributed by atoms with Crippen LogP contribution in [-0.2, 0) is 0 Å². The van der Waals surface area contributed by atoms with Crippen LogP contribution in [0.3, 0.4) is 0 Å². The van der Waals surface area contributed by atoms with Crippen molar-refractivity contribution in [1.82, 2.24) is 5.32 Å². The Morgan fingerprint density at radius 3 is 2.00 bits per heavy atom. The summed E-state index contributed by atoms with van der Waals surface area (Å²) in [5, 5.41) is 3.34. The van der Waals surface area contributed by atoms with E-state index in [0.29, 0.717) is 0 Å². The van der Waals surface area contributed by atoms with Crippen molar-refractivity contribution in [3.63, 3.8) is 0 Å². The first-order valence-corrected chi connectivity index (χ1v) is 7.47. The van der Waals surface area contributed by atoms with Crippen molar-refractivity contribution in [1.29, 1.82) is 0 Å². The van der Waals surface area contributed by atoms with Gasteiger partial charge in [-0.05, 0) is 19.1 Å². The average molecular weight is 367 g/mol. The molecule has 114 valence electrons. The van der Waals surface area contributed by atoms with Crippen molar-refractivity contribution in [2.45, 2.75) is 11.8 Å². The number of halogens is 1. The second kappa shape index (κ2) is 9.87. The first-order valence-electron chi connectivity index (χ1n) is 7.02. The molecule has 2 nitrogen and oxygen atoms in total. The van der Waals surface area contributed by atoms with Crippen LogP contribution >= 0.6 is 29.6 Å². The normalized spacial score (nSPS) is 13.7. The Kier molecular flexibility index (Phi) is 8.50. The highest BCUT2D eigenvalue weighted by molar-refractivity contribution is 8.93. The zero-order valence-corrected chi connectivity index (χ0v) is 14.9. The van der Waals surface area contributed by atoms with Crippen LogP contribution in [0.4, 0.5) is 5.69 Å². The number of nitrogens with one attached hydrogen (secondary N) is 1. The Labute approximate surface area is 143 Å². The van der Waals surface area contributed by atoms with E-state index in [1.54, 1.807) is 0 Å². The van der Waals surface area contributed by atoms with Crippen molar-refractivity contribution in [3.8, 4) is 0 Å². The van der Waals surface area contributed by atoms with E-state index in [4.69, 9.17) is 0 Å². The van der Waals surface area contributed by atoms with Gasteiger partial charge in [-0.15, -0.1) is 29.6 Å². The van der Waals surface area contributed by atoms with Gasteiger partial charge in [0.1, 0.15) is 0 Å². The molecular formula is C17H23BrN2S. The molecule has 1 aliphatic rings. The number of benzene rings is 2. The Morgan fingerprint density at radius 1 is 0.905 bits per heavy atom. The van der Waals surface area contributed by atoms with Crippen LogP contribution in [0.5, 0.6) is 0 Å². The molecule has 0 radical (unpaired) electrons. The highest BCUT2D eigenvalue weighted by atomic mass is 79.9. The molecule has 1 N–H and O–H groups in total. The fourth-order valence-corrected chi connectivity index (χ4v) is 2.47. The lowest BCUT2D eigenvalue weighted by Gasteiger charge is -2.30. The van der Waals surface area contributed by atoms with E-state index in [-0.39, 0.29) is 17.0 Å². The number of para-hydroxylation sites is 1. The number of nitrogens with zero attached hydrogens (tertiary/aromatic N) is 1. The van der Waals surface area contributed by atoms with E-state index in [1.165, 1.54) is 11.3 Å². The molecule has 0 atom stereocenters. The van der Waals surface area contributed by atoms with E-state index in [9.17, 15) is 0 Å². The maximum atomic E-state index is 4.45. The summed E-state index contributed by atoms with van der Waals surface area (Å²) >= 11 is 4.45. The van der Waals surface area contributed by atoms with Gasteiger partial charge in [-0.3, -0.25) is 0 Å². The number of thiol groups is 1. The maximum Gasteiger partial charge on any atom is 0.0502 e. The van der Waals surface area contributed by atoms with Gasteiger partial charge < -0.3 is 10.2 Å². The van der Waals surface area contributed by atoms with Crippen LogP contribution in [0.25, 0.3) is 0 Å². The third-order valence-corrected chi connectivity index (χ3v) is 3.66. The molecule has 0 saturated carbocycles. The minimum atomic E-state index is 0. The van der Waals surface area contributed by atoms with Crippen LogP contribution < -0.4 is 10.2 Å². The minimum Gasteiger partial charge on any atom is -0.368 e. The first kappa shape index (κ1) is 18.1. The molecule has 3 rings (SSSR count). The molecule has 1 heterocycles. The van der Waals surface area contributed by atoms with Gasteiger partial charge in [0.15, 0.2) is 0 Å². The van der Waals surface area contributed by atoms with E-state index in [2.05, 4.69) is 54.0 Å². The number of anilines is 1. The lowest BCUT2D eigenvalue weighted by molar-refractivity contribution is 0.587. The summed E-state index contributed by atoms with van der Waals surface area (Å²) in [5.74, 6) is 0. The lowest BCUT2D eigenvalue weighted by Crippen LogP contribution is -2.43. The van der Waals surface area contributed by atoms with Crippen LogP contribution in [0.2, 0.25) is 0 Å². The van der Waals surface area contributed by atoms with Gasteiger partial charge in [0.2, 0.25) is 0 Å². The molecule has 4 heteroatoms. The van der Waals surface area contributed by atoms with Gasteiger partial charge in [0.05, 0.1) is 5.69 Å². The largest absolute Gasteiger partial charge is 0.368 e. The molecule has 0 bridgehead atoms. The summed E-state index contributed by atoms with van der Waals surface area (Å²) in [6.07, 6.45) is 0. The van der Waals surface area contributed by atoms with Gasteiger partial charge in [-0.2, -0.15) is 0 Å². The summed E-state index contributed by atoms with van der Waals surface area (Å²) in [4.78, 5) is 3.45. The number of hydrogen-bond acceptors (Lipinski definition) is 3. The Balaban J connectivity index is 0.000000236. The fourth-order valence-electron chi connectivity index (χ4n) is 2.17. The molecule has 2 aromatic carbocycles. The number of rotatable bonds is 1. The van der Waals surface area contributed by atoms with Crippen molar-refractivity contribution >= 4 is 35.3 Å². The number of piperazine rings is 1. The number of hydrogen-bond donors (Lipinski definition) is 2. The maximum absolute atomic E-state index is 4.45. The van der Waals surface area contributed by atoms with Gasteiger partial charge in [-0.1, -0.05) is 48.0 Å². The molecule has 21 heavy (non-hydrogen) atoms. The van der Waals surface area contributed by atoms with Gasteiger partial charge in [0, 0.05) is 31.1 Å². The van der Waals surface area contributed by atoms with E-state index >= 15 is 0 Å². The SMILES string of the molecule is Br.Cc1ccccc1.Sc1ccccc1N1CCNCC1. The third kappa shape index (κ3) is 6.12. The summed E-state index contributed by atoms with van der Waals surface area (Å²) < 4.78 is 0. The molecule has 1 fully saturated rings. The topological polar surface area (TPSA) is 15.3 Å². The molecular weight excluding hydrogens is 344 g/mol. The molecule has 1 aliphatic heterocycles. The van der Waals surface area contributed by atoms with E-state index in [1.807, 2.05) is 30.3 Å². The van der Waals surface area contributed by atoms with Gasteiger partial charge >= 0.3 is 0 Å². The predicted molar refractivity (Wildman–Crippen MR) is 100 cm³/mol. The summed E-state index contributed by atoms with van der Waals surface area (Å²) in [6.45, 7) is 6.39. The first-order chi connectivity index (χ1) is 9.77. The van der Waals surface area contributed by atoms with Crippen LogP contribution in [-0.4, -0.2) is 26.2 Å². The third-order valence-electron chi connectivity index (χ3n) is 3.28. The zero-order valence-electron chi connectivity index (χ0n) is 12.3. The van der Waals surface area contributed by atoms with Crippen molar-refractivity contribution < 1.29 is 0 Å². The highest BCUT2D eigenvalue weighted by Gasteiger charge is 2.11. The summed E-state index contributed by atoms with van der Waals surface area (Å²) in [7, 11) is 0. The second-order valence-corrected chi connectivity index (χ2v) is 5.36. The monoisotopic (exact) mass is 366 g/mol. The standard InChI is InChI=1S/C10H14N2S.C7H8.BrH/c13-10-4-2-1-3-9(10)12-7-5-11-6-8-12;1-7-5-3-2-4-6-7;/h1-4,11,13H,5-8H2;2-6H,1H3;1H. The molecule has 0 aromatic heterocycles. The Bertz CT molecular complexity index is 513. The molecule has 0 spiro atoms. The van der Waals surface area contributed by atoms with Crippen LogP contribution in [0.15, 0.2) is 59.5 Å². The van der Waals surface area contributed by atoms with Gasteiger partial charge in [0.25, 0.3) is 0 Å². The molecule has 0 amide bonds. The quantitative estimate of drug-likeness (QED) is 0.742. The van der Waals surface area contributed by atoms with Crippen LogP contribution in [0.1, 0.15) is 5.56 Å². The van der Waals surface area contributed by atoms with Crippen molar-refractivity contribution in [2.24, 2.45) is 0 Å². The smallest absolute Gasteiger partial charge is 0.0502 e. The number of aryl methyl sites for hydroxylation is 1. The van der Waals surface area contributed by atoms with Gasteiger partial charge in [-0.25, -0.2) is 0 Å². The van der Waals surface area contributed by atoms with E-state index < -0.39 is 0 Å². The van der Waals surface area contributed by atoms with Crippen LogP contribution in [0, 0.1) is 6.92 Å². The minimum absolute atomic E-state index is 0. The molecule has 1 saturated heterocycles. The summed E-state index contributed by atoms with van der Waals surface area (Å²) in [5.41, 5.74) is 2.58. The zero-order chi connectivity index (χ0) is 14.2. The van der Waals surface area contributed by atoms with Crippen molar-refractivity contribution in [3.05, 3.63) is 60.2 Å². The molecule has 0 aliphatic carbocycles. The lowest BCUT2D eigenvalue weighted by atomic mass is 10.2. The Morgan fingerprint density at radius 2 is 1.48 bits per heavy atom. The van der Waals surface area contributed by atoms with Crippen molar-refractivity contribution in [2.75, 3.05) is 31.1 Å². The fraction of sp³-hybridized carbons (Fsp3) is 0.294. The highest BCUT2D eigenvalue weighted by Crippen LogP contribution is 2.23. The Hall–Kier alpha value is -0.970.